The molecule has 0 atom stereocenters. The van der Waals surface area contributed by atoms with E-state index in [9.17, 15) is 0 Å². The summed E-state index contributed by atoms with van der Waals surface area (Å²) < 4.78 is 0. The summed E-state index contributed by atoms with van der Waals surface area (Å²) in [5.74, 6) is 0. The Morgan fingerprint density at radius 3 is 2.50 bits per heavy atom. The monoisotopic (exact) mass is 82.0 g/mol. The van der Waals surface area contributed by atoms with Crippen LogP contribution in [0.4, 0.5) is 0 Å². The Morgan fingerprint density at radius 1 is 1.33 bits per heavy atom. The fourth-order valence-electron chi connectivity index (χ4n) is 0.225. The predicted octanol–water partition coefficient (Wildman–Crippen LogP) is 0.632. The summed E-state index contributed by atoms with van der Waals surface area (Å²) in [6.45, 7) is 1.51. The fraction of sp³-hybridized carbons (Fsp3) is 0. The van der Waals surface area contributed by atoms with E-state index in [4.69, 9.17) is 0 Å². The van der Waals surface area contributed by atoms with Crippen molar-refractivity contribution in [2.75, 3.05) is 0 Å². The second-order valence-electron chi connectivity index (χ2n) is 0.842. The van der Waals surface area contributed by atoms with Gasteiger partial charge in [0.05, 0.1) is 6.20 Å². The molecule has 0 saturated carbocycles. The third-order valence-corrected chi connectivity index (χ3v) is 0.436. The van der Waals surface area contributed by atoms with Crippen LogP contribution in [0.2, 0.25) is 0 Å². The molecule has 0 aromatic rings. The van der Waals surface area contributed by atoms with E-state index in [1.807, 2.05) is 0 Å². The Hall–Kier alpha value is -0.860. The molecule has 1 heterocycles. The average molecular weight is 82.1 g/mol. The number of azo groups is 1. The van der Waals surface area contributed by atoms with E-state index in [-0.39, 0.29) is 0 Å². The Bertz CT molecular complexity index is 72.0. The highest BCUT2D eigenvalue weighted by Crippen LogP contribution is 1.84. The number of hydrogen-bond donors (Lipinski definition) is 1. The molecule has 6 heavy (non-hydrogen) atoms. The molecule has 0 saturated heterocycles. The first-order chi connectivity index (χ1) is 3.00. The van der Waals surface area contributed by atoms with Crippen LogP contribution in [0.15, 0.2) is 22.6 Å². The van der Waals surface area contributed by atoms with Gasteiger partial charge in [0.25, 0.3) is 0 Å². The summed E-state index contributed by atoms with van der Waals surface area (Å²) in [4.78, 5) is 0. The lowest BCUT2D eigenvalue weighted by Gasteiger charge is -1.91. The number of nitrogens with zero attached hydrogens (tertiary/aromatic N) is 2. The highest BCUT2D eigenvalue weighted by Gasteiger charge is 1.76. The molecule has 1 aliphatic rings. The predicted molar refractivity (Wildman–Crippen MR) is 21.4 cm³/mol. The quantitative estimate of drug-likeness (QED) is 0.457. The highest BCUT2D eigenvalue weighted by atomic mass is 15.2. The van der Waals surface area contributed by atoms with Crippen molar-refractivity contribution >= 4 is 0 Å². The Morgan fingerprint density at radius 2 is 2.33 bits per heavy atom. The van der Waals surface area contributed by atoms with Crippen molar-refractivity contribution in [2.45, 2.75) is 0 Å². The van der Waals surface area contributed by atoms with Crippen LogP contribution in [0, 0.1) is 6.67 Å². The molecule has 0 aromatic carbocycles. The Balaban J connectivity index is 2.46. The van der Waals surface area contributed by atoms with Crippen molar-refractivity contribution < 1.29 is 0 Å². The summed E-state index contributed by atoms with van der Waals surface area (Å²) in [7, 11) is 0. The molecule has 1 radical (unpaired) electrons. The minimum absolute atomic E-state index is 1.51. The molecule has 0 amide bonds. The van der Waals surface area contributed by atoms with E-state index < -0.39 is 0 Å². The molecule has 0 aromatic heterocycles. The van der Waals surface area contributed by atoms with Gasteiger partial charge >= 0.3 is 0 Å². The zero-order valence-corrected chi connectivity index (χ0v) is 3.13. The molecule has 0 spiro atoms. The van der Waals surface area contributed by atoms with E-state index in [2.05, 4.69) is 15.5 Å². The van der Waals surface area contributed by atoms with Crippen molar-refractivity contribution in [3.8, 4) is 0 Å². The summed E-state index contributed by atoms with van der Waals surface area (Å²) >= 11 is 0. The van der Waals surface area contributed by atoms with E-state index in [1.54, 1.807) is 12.4 Å². The molecule has 0 fully saturated rings. The Labute approximate surface area is 35.8 Å². The van der Waals surface area contributed by atoms with Gasteiger partial charge in [-0.25, -0.2) is 0 Å². The second-order valence-corrected chi connectivity index (χ2v) is 0.842. The zero-order chi connectivity index (χ0) is 4.24. The molecule has 0 bridgehead atoms. The van der Waals surface area contributed by atoms with Crippen LogP contribution in [-0.4, -0.2) is 0 Å². The SMILES string of the molecule is [CH]1N=NC=CN1. The van der Waals surface area contributed by atoms with Gasteiger partial charge in [0.1, 0.15) is 0 Å². The molecule has 1 rings (SSSR count). The summed E-state index contributed by atoms with van der Waals surface area (Å²) in [6.07, 6.45) is 3.28. The van der Waals surface area contributed by atoms with Gasteiger partial charge in [0.2, 0.25) is 0 Å². The first-order valence-electron chi connectivity index (χ1n) is 1.63. The normalized spacial score (nSPS) is 17.3. The van der Waals surface area contributed by atoms with Crippen LogP contribution in [0.25, 0.3) is 0 Å². The van der Waals surface area contributed by atoms with Crippen LogP contribution < -0.4 is 5.32 Å². The Kier molecular flexibility index (Phi) is 0.859. The summed E-state index contributed by atoms with van der Waals surface area (Å²) in [5, 5.41) is 9.70. The van der Waals surface area contributed by atoms with Crippen LogP contribution in [0.5, 0.6) is 0 Å². The molecular weight excluding hydrogens is 78.1 g/mol. The molecule has 0 aliphatic carbocycles. The van der Waals surface area contributed by atoms with Gasteiger partial charge in [-0.3, -0.25) is 0 Å². The van der Waals surface area contributed by atoms with Gasteiger partial charge in [-0.2, -0.15) is 10.2 Å². The zero-order valence-electron chi connectivity index (χ0n) is 3.13. The van der Waals surface area contributed by atoms with Crippen LogP contribution in [0.3, 0.4) is 0 Å². The minimum Gasteiger partial charge on any atom is -0.364 e. The van der Waals surface area contributed by atoms with Gasteiger partial charge in [-0.05, 0) is 0 Å². The minimum atomic E-state index is 1.51. The smallest absolute Gasteiger partial charge is 0.182 e. The molecule has 31 valence electrons. The second kappa shape index (κ2) is 1.55. The lowest BCUT2D eigenvalue weighted by Crippen LogP contribution is -1.97. The number of rotatable bonds is 0. The fourth-order valence-corrected chi connectivity index (χ4v) is 0.225. The first-order valence-corrected chi connectivity index (χ1v) is 1.63. The molecule has 3 heteroatoms. The molecule has 0 unspecified atom stereocenters. The van der Waals surface area contributed by atoms with E-state index >= 15 is 0 Å². The largest absolute Gasteiger partial charge is 0.364 e. The van der Waals surface area contributed by atoms with E-state index in [0.717, 1.165) is 0 Å². The van der Waals surface area contributed by atoms with Crippen molar-refractivity contribution in [2.24, 2.45) is 10.2 Å². The van der Waals surface area contributed by atoms with Gasteiger partial charge < -0.3 is 5.32 Å². The number of nitrogens with one attached hydrogen (secondary N) is 1. The number of hydrogen-bond acceptors (Lipinski definition) is 3. The molecular formula is C3H4N3. The molecule has 1 N–H and O–H groups in total. The average Bonchev–Trinajstić information content (AvgIpc) is 1.72. The van der Waals surface area contributed by atoms with E-state index in [1.165, 1.54) is 6.67 Å². The van der Waals surface area contributed by atoms with E-state index in [0.29, 0.717) is 0 Å². The van der Waals surface area contributed by atoms with Crippen molar-refractivity contribution in [1.29, 1.82) is 0 Å². The van der Waals surface area contributed by atoms with Gasteiger partial charge in [0, 0.05) is 6.20 Å². The van der Waals surface area contributed by atoms with Gasteiger partial charge in [0.15, 0.2) is 6.67 Å². The third-order valence-electron chi connectivity index (χ3n) is 0.436. The maximum atomic E-state index is 3.50. The third kappa shape index (κ3) is 0.544. The summed E-state index contributed by atoms with van der Waals surface area (Å²) in [6, 6.07) is 0. The maximum absolute atomic E-state index is 3.50. The van der Waals surface area contributed by atoms with Crippen LogP contribution >= 0.6 is 0 Å². The van der Waals surface area contributed by atoms with Crippen LogP contribution in [0.1, 0.15) is 0 Å². The van der Waals surface area contributed by atoms with Crippen molar-refractivity contribution in [1.82, 2.24) is 5.32 Å². The molecule has 3 nitrogen and oxygen atoms in total. The molecule has 1 aliphatic heterocycles. The standard InChI is InChI=1S/C3H4N3/c1-2-5-6-3-4-1/h1-4H. The highest BCUT2D eigenvalue weighted by molar-refractivity contribution is 4.82. The van der Waals surface area contributed by atoms with Gasteiger partial charge in [-0.1, -0.05) is 0 Å². The summed E-state index contributed by atoms with van der Waals surface area (Å²) in [5.41, 5.74) is 0. The maximum Gasteiger partial charge on any atom is 0.182 e. The lowest BCUT2D eigenvalue weighted by molar-refractivity contribution is 0.916. The topological polar surface area (TPSA) is 36.8 Å². The van der Waals surface area contributed by atoms with Crippen molar-refractivity contribution in [3.63, 3.8) is 0 Å². The van der Waals surface area contributed by atoms with Gasteiger partial charge in [-0.15, -0.1) is 0 Å². The van der Waals surface area contributed by atoms with Crippen molar-refractivity contribution in [3.05, 3.63) is 19.1 Å². The lowest BCUT2D eigenvalue weighted by atomic mass is 10.8. The first kappa shape index (κ1) is 3.33. The van der Waals surface area contributed by atoms with Crippen LogP contribution in [-0.2, 0) is 0 Å².